The Hall–Kier alpha value is -2.12. The second-order valence-corrected chi connectivity index (χ2v) is 8.54. The summed E-state index contributed by atoms with van der Waals surface area (Å²) < 4.78 is 5.77. The first-order valence-corrected chi connectivity index (χ1v) is 12.2. The summed E-state index contributed by atoms with van der Waals surface area (Å²) in [5, 5.41) is 0. The fourth-order valence-electron chi connectivity index (χ4n) is 4.01. The quantitative estimate of drug-likeness (QED) is 0.284. The fraction of sp³-hybridized carbons (Fsp3) is 0.586. The highest BCUT2D eigenvalue weighted by molar-refractivity contribution is 5.40. The summed E-state index contributed by atoms with van der Waals surface area (Å²) in [6, 6.07) is 8.05. The van der Waals surface area contributed by atoms with Crippen molar-refractivity contribution in [1.29, 1.82) is 0 Å². The lowest BCUT2D eigenvalue weighted by Gasteiger charge is -2.25. The van der Waals surface area contributed by atoms with Crippen LogP contribution in [0.3, 0.4) is 0 Å². The third-order valence-corrected chi connectivity index (χ3v) is 5.94. The van der Waals surface area contributed by atoms with Crippen molar-refractivity contribution in [3.8, 4) is 29.4 Å². The lowest BCUT2D eigenvalue weighted by Crippen LogP contribution is -2.13. The van der Waals surface area contributed by atoms with Gasteiger partial charge in [-0.15, -0.1) is 0 Å². The van der Waals surface area contributed by atoms with Crippen molar-refractivity contribution in [2.75, 3.05) is 6.61 Å². The molecule has 0 atom stereocenters. The highest BCUT2D eigenvalue weighted by Gasteiger charge is 2.19. The van der Waals surface area contributed by atoms with Crippen molar-refractivity contribution < 1.29 is 4.74 Å². The number of hydrogen-bond acceptors (Lipinski definition) is 1. The molecule has 1 heteroatoms. The molecule has 0 aromatic heterocycles. The van der Waals surface area contributed by atoms with E-state index in [2.05, 4.69) is 37.5 Å². The molecule has 1 saturated carbocycles. The van der Waals surface area contributed by atoms with Crippen LogP contribution >= 0.6 is 0 Å². The van der Waals surface area contributed by atoms with E-state index in [4.69, 9.17) is 4.74 Å². The smallest absolute Gasteiger partial charge is 0.119 e. The van der Waals surface area contributed by atoms with Gasteiger partial charge in [-0.1, -0.05) is 82.5 Å². The number of ether oxygens (including phenoxy) is 1. The molecule has 162 valence electrons. The van der Waals surface area contributed by atoms with E-state index in [1.54, 1.807) is 0 Å². The molecule has 0 amide bonds. The summed E-state index contributed by atoms with van der Waals surface area (Å²) in [5.41, 5.74) is 1.01. The monoisotopic (exact) mass is 404 g/mol. The minimum Gasteiger partial charge on any atom is -0.494 e. The molecule has 1 fully saturated rings. The average Bonchev–Trinajstić information content (AvgIpc) is 2.78. The molecule has 0 spiro atoms. The molecule has 2 rings (SSSR count). The Morgan fingerprint density at radius 1 is 0.833 bits per heavy atom. The fourth-order valence-corrected chi connectivity index (χ4v) is 4.01. The Labute approximate surface area is 185 Å². The van der Waals surface area contributed by atoms with Gasteiger partial charge in [0, 0.05) is 11.5 Å². The Morgan fingerprint density at radius 3 is 2.27 bits per heavy atom. The Bertz CT molecular complexity index is 712. The maximum absolute atomic E-state index is 5.77. The first kappa shape index (κ1) is 24.2. The molecule has 0 heterocycles. The van der Waals surface area contributed by atoms with Crippen LogP contribution in [0, 0.1) is 35.5 Å². The maximum atomic E-state index is 5.77. The molecule has 0 bridgehead atoms. The van der Waals surface area contributed by atoms with Crippen molar-refractivity contribution in [3.63, 3.8) is 0 Å². The lowest BCUT2D eigenvalue weighted by atomic mass is 9.80. The van der Waals surface area contributed by atoms with E-state index in [-0.39, 0.29) is 0 Å². The lowest BCUT2D eigenvalue weighted by molar-refractivity contribution is 0.294. The molecule has 1 nitrogen and oxygen atoms in total. The normalized spacial score (nSPS) is 18.3. The summed E-state index contributed by atoms with van der Waals surface area (Å²) in [7, 11) is 0. The van der Waals surface area contributed by atoms with Gasteiger partial charge in [0.15, 0.2) is 0 Å². The average molecular weight is 405 g/mol. The SMILES string of the molecule is CCCCCCOc1ccc(C#C/C=C/C#CC2CCC(CCCCC)CC2)cc1. The van der Waals surface area contributed by atoms with Gasteiger partial charge in [0.1, 0.15) is 5.75 Å². The van der Waals surface area contributed by atoms with Gasteiger partial charge in [0.25, 0.3) is 0 Å². The van der Waals surface area contributed by atoms with Gasteiger partial charge in [-0.05, 0) is 74.4 Å². The second-order valence-electron chi connectivity index (χ2n) is 8.54. The van der Waals surface area contributed by atoms with Crippen LogP contribution in [0.1, 0.15) is 96.5 Å². The zero-order chi connectivity index (χ0) is 21.3. The zero-order valence-electron chi connectivity index (χ0n) is 19.2. The summed E-state index contributed by atoms with van der Waals surface area (Å²) >= 11 is 0. The minimum atomic E-state index is 0.583. The van der Waals surface area contributed by atoms with E-state index >= 15 is 0 Å². The highest BCUT2D eigenvalue weighted by atomic mass is 16.5. The molecular weight excluding hydrogens is 364 g/mol. The van der Waals surface area contributed by atoms with Crippen LogP contribution in [0.5, 0.6) is 5.75 Å². The van der Waals surface area contributed by atoms with Gasteiger partial charge in [0.05, 0.1) is 6.61 Å². The van der Waals surface area contributed by atoms with E-state index < -0.39 is 0 Å². The van der Waals surface area contributed by atoms with Crippen molar-refractivity contribution in [1.82, 2.24) is 0 Å². The summed E-state index contributed by atoms with van der Waals surface area (Å²) in [4.78, 5) is 0. The molecule has 1 aromatic carbocycles. The van der Waals surface area contributed by atoms with Gasteiger partial charge >= 0.3 is 0 Å². The van der Waals surface area contributed by atoms with E-state index in [0.717, 1.165) is 30.3 Å². The van der Waals surface area contributed by atoms with Crippen LogP contribution in [-0.4, -0.2) is 6.61 Å². The molecule has 1 aromatic rings. The molecule has 0 N–H and O–H groups in total. The third-order valence-electron chi connectivity index (χ3n) is 5.94. The van der Waals surface area contributed by atoms with E-state index in [9.17, 15) is 0 Å². The highest BCUT2D eigenvalue weighted by Crippen LogP contribution is 2.31. The number of unbranched alkanes of at least 4 members (excludes halogenated alkanes) is 5. The van der Waals surface area contributed by atoms with E-state index in [1.807, 2.05) is 36.4 Å². The number of hydrogen-bond donors (Lipinski definition) is 0. The van der Waals surface area contributed by atoms with Crippen LogP contribution in [0.15, 0.2) is 36.4 Å². The van der Waals surface area contributed by atoms with Crippen molar-refractivity contribution in [3.05, 3.63) is 42.0 Å². The Morgan fingerprint density at radius 2 is 1.53 bits per heavy atom. The minimum absolute atomic E-state index is 0.583. The Balaban J connectivity index is 1.65. The van der Waals surface area contributed by atoms with Crippen molar-refractivity contribution in [2.45, 2.75) is 90.9 Å². The molecule has 0 saturated heterocycles. The van der Waals surface area contributed by atoms with Gasteiger partial charge in [0.2, 0.25) is 0 Å². The van der Waals surface area contributed by atoms with Crippen LogP contribution in [-0.2, 0) is 0 Å². The predicted molar refractivity (Wildman–Crippen MR) is 129 cm³/mol. The van der Waals surface area contributed by atoms with Gasteiger partial charge < -0.3 is 4.74 Å². The molecule has 1 aliphatic carbocycles. The van der Waals surface area contributed by atoms with Crippen LogP contribution in [0.25, 0.3) is 0 Å². The molecular formula is C29H40O. The van der Waals surface area contributed by atoms with Crippen LogP contribution in [0.4, 0.5) is 0 Å². The first-order chi connectivity index (χ1) is 14.8. The number of allylic oxidation sites excluding steroid dienone is 2. The standard InChI is InChI=1S/C29H40O/c1-3-5-7-13-25-30-29-23-21-28(22-24-29)16-12-9-8-11-15-27-19-17-26(18-20-27)14-10-6-4-2/h8-9,21-24,26-27H,3-7,10,13-14,17-20,25H2,1-2H3/b9-8+. The predicted octanol–water partition coefficient (Wildman–Crippen LogP) is 7.94. The molecule has 0 radical (unpaired) electrons. The van der Waals surface area contributed by atoms with E-state index in [1.165, 1.54) is 70.6 Å². The number of rotatable bonds is 10. The second kappa shape index (κ2) is 15.7. The van der Waals surface area contributed by atoms with Gasteiger partial charge in [-0.2, -0.15) is 0 Å². The number of benzene rings is 1. The maximum Gasteiger partial charge on any atom is 0.119 e. The van der Waals surface area contributed by atoms with E-state index in [0.29, 0.717) is 5.92 Å². The van der Waals surface area contributed by atoms with Gasteiger partial charge in [-0.25, -0.2) is 0 Å². The third kappa shape index (κ3) is 10.6. The van der Waals surface area contributed by atoms with Crippen molar-refractivity contribution >= 4 is 0 Å². The summed E-state index contributed by atoms with van der Waals surface area (Å²) in [5.74, 6) is 15.3. The molecule has 1 aliphatic rings. The Kier molecular flexibility index (Phi) is 12.6. The molecule has 0 aliphatic heterocycles. The van der Waals surface area contributed by atoms with Crippen LogP contribution in [0.2, 0.25) is 0 Å². The van der Waals surface area contributed by atoms with Crippen molar-refractivity contribution in [2.24, 2.45) is 11.8 Å². The van der Waals surface area contributed by atoms with Gasteiger partial charge in [-0.3, -0.25) is 0 Å². The first-order valence-electron chi connectivity index (χ1n) is 12.2. The topological polar surface area (TPSA) is 9.23 Å². The largest absolute Gasteiger partial charge is 0.494 e. The molecule has 30 heavy (non-hydrogen) atoms. The summed E-state index contributed by atoms with van der Waals surface area (Å²) in [6.45, 7) is 5.31. The molecule has 0 unspecified atom stereocenters. The summed E-state index contributed by atoms with van der Waals surface area (Å²) in [6.07, 6.45) is 19.5. The zero-order valence-corrected chi connectivity index (χ0v) is 19.2. The van der Waals surface area contributed by atoms with Crippen LogP contribution < -0.4 is 4.74 Å².